The number of hydrogen-bond acceptors (Lipinski definition) is 3. The number of rotatable bonds is 3. The van der Waals surface area contributed by atoms with Crippen LogP contribution in [0.2, 0.25) is 0 Å². The van der Waals surface area contributed by atoms with Crippen LogP contribution in [0.1, 0.15) is 66.2 Å². The fourth-order valence-electron chi connectivity index (χ4n) is 5.48. The van der Waals surface area contributed by atoms with Gasteiger partial charge in [-0.3, -0.25) is 9.63 Å². The third-order valence-electron chi connectivity index (χ3n) is 6.77. The molecule has 0 radical (unpaired) electrons. The molecule has 2 saturated carbocycles. The SMILES string of the molecule is CON(C)C(=O)C[C@@H]1[C@@]2(C)CCCC(C)(C)[C@@H]2CC[C@@]1(C)O. The molecule has 22 heavy (non-hydrogen) atoms. The highest BCUT2D eigenvalue weighted by atomic mass is 16.7. The maximum Gasteiger partial charge on any atom is 0.246 e. The Hall–Kier alpha value is -0.610. The normalized spacial score (nSPS) is 40.9. The smallest absolute Gasteiger partial charge is 0.246 e. The van der Waals surface area contributed by atoms with Crippen LogP contribution in [0, 0.1) is 22.7 Å². The van der Waals surface area contributed by atoms with E-state index in [0.717, 1.165) is 19.3 Å². The molecule has 0 unspecified atom stereocenters. The first-order valence-electron chi connectivity index (χ1n) is 8.57. The number of fused-ring (bicyclic) bond motifs is 1. The van der Waals surface area contributed by atoms with Gasteiger partial charge in [-0.25, -0.2) is 5.06 Å². The summed E-state index contributed by atoms with van der Waals surface area (Å²) in [6.07, 6.45) is 5.73. The molecule has 2 aliphatic rings. The van der Waals surface area contributed by atoms with E-state index < -0.39 is 5.60 Å². The van der Waals surface area contributed by atoms with Gasteiger partial charge in [0.2, 0.25) is 5.91 Å². The van der Waals surface area contributed by atoms with Gasteiger partial charge in [-0.2, -0.15) is 0 Å². The molecule has 0 spiro atoms. The zero-order chi connectivity index (χ0) is 16.8. The summed E-state index contributed by atoms with van der Waals surface area (Å²) in [5, 5.41) is 12.3. The fraction of sp³-hybridized carbons (Fsp3) is 0.944. The Bertz CT molecular complexity index is 432. The van der Waals surface area contributed by atoms with Crippen LogP contribution in [0.25, 0.3) is 0 Å². The molecule has 128 valence electrons. The molecule has 0 saturated heterocycles. The molecule has 0 aromatic carbocycles. The Balaban J connectivity index is 2.32. The Kier molecular flexibility index (Phi) is 4.67. The van der Waals surface area contributed by atoms with E-state index in [2.05, 4.69) is 20.8 Å². The first-order chi connectivity index (χ1) is 10.0. The minimum Gasteiger partial charge on any atom is -0.390 e. The van der Waals surface area contributed by atoms with Gasteiger partial charge in [0.05, 0.1) is 12.7 Å². The number of carbonyl (C=O) groups excluding carboxylic acids is 1. The molecule has 0 aromatic rings. The Morgan fingerprint density at radius 3 is 2.45 bits per heavy atom. The topological polar surface area (TPSA) is 49.8 Å². The molecule has 2 rings (SSSR count). The van der Waals surface area contributed by atoms with Crippen LogP contribution < -0.4 is 0 Å². The zero-order valence-electron chi connectivity index (χ0n) is 15.1. The number of aliphatic hydroxyl groups is 1. The number of hydroxylamine groups is 2. The van der Waals surface area contributed by atoms with Crippen molar-refractivity contribution in [1.29, 1.82) is 0 Å². The molecule has 1 amide bonds. The molecule has 2 fully saturated rings. The van der Waals surface area contributed by atoms with E-state index in [1.54, 1.807) is 7.05 Å². The highest BCUT2D eigenvalue weighted by Gasteiger charge is 2.58. The van der Waals surface area contributed by atoms with E-state index in [1.807, 2.05) is 6.92 Å². The Morgan fingerprint density at radius 1 is 1.23 bits per heavy atom. The van der Waals surface area contributed by atoms with Gasteiger partial charge in [0.1, 0.15) is 0 Å². The van der Waals surface area contributed by atoms with E-state index in [1.165, 1.54) is 25.0 Å². The van der Waals surface area contributed by atoms with Gasteiger partial charge in [0.25, 0.3) is 0 Å². The molecule has 0 bridgehead atoms. The first-order valence-corrected chi connectivity index (χ1v) is 8.57. The highest BCUT2D eigenvalue weighted by Crippen LogP contribution is 2.62. The van der Waals surface area contributed by atoms with Crippen molar-refractivity contribution in [3.8, 4) is 0 Å². The maximum absolute atomic E-state index is 12.4. The van der Waals surface area contributed by atoms with Crippen LogP contribution in [0.15, 0.2) is 0 Å². The van der Waals surface area contributed by atoms with E-state index >= 15 is 0 Å². The van der Waals surface area contributed by atoms with Crippen LogP contribution in [-0.2, 0) is 9.63 Å². The monoisotopic (exact) mass is 311 g/mol. The average molecular weight is 311 g/mol. The summed E-state index contributed by atoms with van der Waals surface area (Å²) >= 11 is 0. The minimum atomic E-state index is -0.775. The van der Waals surface area contributed by atoms with Crippen LogP contribution in [-0.4, -0.2) is 35.8 Å². The lowest BCUT2D eigenvalue weighted by Crippen LogP contribution is -2.58. The van der Waals surface area contributed by atoms with Gasteiger partial charge in [-0.05, 0) is 49.4 Å². The number of amides is 1. The second-order valence-corrected chi connectivity index (χ2v) is 8.63. The second kappa shape index (κ2) is 5.79. The zero-order valence-corrected chi connectivity index (χ0v) is 15.1. The van der Waals surface area contributed by atoms with Crippen molar-refractivity contribution < 1.29 is 14.7 Å². The summed E-state index contributed by atoms with van der Waals surface area (Å²) in [5.41, 5.74) is -0.464. The molecule has 0 heterocycles. The van der Waals surface area contributed by atoms with Crippen LogP contribution in [0.5, 0.6) is 0 Å². The number of nitrogens with zero attached hydrogens (tertiary/aromatic N) is 1. The molecule has 0 aliphatic heterocycles. The van der Waals surface area contributed by atoms with Crippen molar-refractivity contribution in [2.24, 2.45) is 22.7 Å². The Morgan fingerprint density at radius 2 is 1.86 bits per heavy atom. The van der Waals surface area contributed by atoms with Crippen molar-refractivity contribution in [2.75, 3.05) is 14.2 Å². The lowest BCUT2D eigenvalue weighted by molar-refractivity contribution is -0.191. The predicted molar refractivity (Wildman–Crippen MR) is 87.0 cm³/mol. The summed E-state index contributed by atoms with van der Waals surface area (Å²) in [7, 11) is 3.15. The molecule has 4 heteroatoms. The summed E-state index contributed by atoms with van der Waals surface area (Å²) in [5.74, 6) is 0.515. The summed E-state index contributed by atoms with van der Waals surface area (Å²) in [4.78, 5) is 17.4. The number of carbonyl (C=O) groups is 1. The van der Waals surface area contributed by atoms with E-state index in [0.29, 0.717) is 12.3 Å². The van der Waals surface area contributed by atoms with E-state index in [4.69, 9.17) is 4.84 Å². The highest BCUT2D eigenvalue weighted by molar-refractivity contribution is 5.75. The molecular formula is C18H33NO3. The summed E-state index contributed by atoms with van der Waals surface area (Å²) in [6.45, 7) is 8.93. The standard InChI is InChI=1S/C18H33NO3/c1-16(2)9-7-10-17(3)13(16)8-11-18(4,21)14(17)12-15(20)19(5)22-6/h13-14,21H,7-12H2,1-6H3/t13-,14+,17-,18+/m0/s1. The molecule has 2 aliphatic carbocycles. The lowest BCUT2D eigenvalue weighted by atomic mass is 9.45. The second-order valence-electron chi connectivity index (χ2n) is 8.63. The van der Waals surface area contributed by atoms with Crippen molar-refractivity contribution in [3.05, 3.63) is 0 Å². The largest absolute Gasteiger partial charge is 0.390 e. The lowest BCUT2D eigenvalue weighted by Gasteiger charge is -2.61. The van der Waals surface area contributed by atoms with Gasteiger partial charge >= 0.3 is 0 Å². The minimum absolute atomic E-state index is 0.0107. The summed E-state index contributed by atoms with van der Waals surface area (Å²) < 4.78 is 0. The predicted octanol–water partition coefficient (Wildman–Crippen LogP) is 3.39. The molecule has 4 atom stereocenters. The van der Waals surface area contributed by atoms with Crippen LogP contribution in [0.3, 0.4) is 0 Å². The van der Waals surface area contributed by atoms with Gasteiger partial charge in [-0.15, -0.1) is 0 Å². The molecular weight excluding hydrogens is 278 g/mol. The quantitative estimate of drug-likeness (QED) is 0.813. The van der Waals surface area contributed by atoms with E-state index in [9.17, 15) is 9.90 Å². The summed E-state index contributed by atoms with van der Waals surface area (Å²) in [6, 6.07) is 0. The maximum atomic E-state index is 12.4. The Labute approximate surface area is 135 Å². The van der Waals surface area contributed by atoms with Crippen molar-refractivity contribution in [3.63, 3.8) is 0 Å². The van der Waals surface area contributed by atoms with Gasteiger partial charge in [0, 0.05) is 19.4 Å². The van der Waals surface area contributed by atoms with Crippen molar-refractivity contribution in [1.82, 2.24) is 5.06 Å². The first kappa shape index (κ1) is 17.7. The van der Waals surface area contributed by atoms with Gasteiger partial charge < -0.3 is 5.11 Å². The number of hydrogen-bond donors (Lipinski definition) is 1. The van der Waals surface area contributed by atoms with Crippen molar-refractivity contribution >= 4 is 5.91 Å². The third-order valence-corrected chi connectivity index (χ3v) is 6.77. The van der Waals surface area contributed by atoms with Crippen LogP contribution in [0.4, 0.5) is 0 Å². The molecule has 0 aromatic heterocycles. The van der Waals surface area contributed by atoms with Crippen molar-refractivity contribution in [2.45, 2.75) is 71.8 Å². The van der Waals surface area contributed by atoms with Crippen LogP contribution >= 0.6 is 0 Å². The average Bonchev–Trinajstić information content (AvgIpc) is 2.40. The van der Waals surface area contributed by atoms with Gasteiger partial charge in [-0.1, -0.05) is 27.2 Å². The van der Waals surface area contributed by atoms with Gasteiger partial charge in [0.15, 0.2) is 0 Å². The van der Waals surface area contributed by atoms with E-state index in [-0.39, 0.29) is 22.7 Å². The molecule has 1 N–H and O–H groups in total. The fourth-order valence-corrected chi connectivity index (χ4v) is 5.48. The third kappa shape index (κ3) is 2.92. The molecule has 4 nitrogen and oxygen atoms in total.